The van der Waals surface area contributed by atoms with E-state index >= 15 is 0 Å². The Labute approximate surface area is 176 Å². The van der Waals surface area contributed by atoms with E-state index in [0.717, 1.165) is 41.9 Å². The standard InChI is InChI=1S/C22H24N4O2.ClH/c27-22(21-19-14-23-11-9-20(19)25-26-21)24-18-8-4-7-17(13-18)15-28-12-10-16-5-2-1-3-6-16;/h1-8,13,23H,9-12,14-15H2,(H,24,27)(H,25,26);1H. The van der Waals surface area contributed by atoms with Crippen LogP contribution in [0.15, 0.2) is 54.6 Å². The Morgan fingerprint density at radius 3 is 2.79 bits per heavy atom. The van der Waals surface area contributed by atoms with Crippen molar-refractivity contribution in [1.29, 1.82) is 0 Å². The average molecular weight is 413 g/mol. The second kappa shape index (κ2) is 10.2. The van der Waals surface area contributed by atoms with E-state index in [4.69, 9.17) is 4.74 Å². The molecule has 4 rings (SSSR count). The summed E-state index contributed by atoms with van der Waals surface area (Å²) in [5.74, 6) is -0.191. The van der Waals surface area contributed by atoms with Crippen molar-refractivity contribution in [2.45, 2.75) is 26.0 Å². The summed E-state index contributed by atoms with van der Waals surface area (Å²) in [5.41, 5.74) is 5.51. The zero-order chi connectivity index (χ0) is 19.2. The van der Waals surface area contributed by atoms with E-state index in [2.05, 4.69) is 33.0 Å². The highest BCUT2D eigenvalue weighted by Gasteiger charge is 2.21. The molecule has 0 radical (unpaired) electrons. The maximum atomic E-state index is 12.6. The minimum atomic E-state index is -0.191. The summed E-state index contributed by atoms with van der Waals surface area (Å²) in [7, 11) is 0. The summed E-state index contributed by atoms with van der Waals surface area (Å²) in [5, 5.41) is 13.4. The van der Waals surface area contributed by atoms with E-state index in [0.29, 0.717) is 25.5 Å². The Kier molecular flexibility index (Phi) is 7.41. The van der Waals surface area contributed by atoms with Gasteiger partial charge in [0.15, 0.2) is 5.69 Å². The number of benzene rings is 2. The molecular formula is C22H25ClN4O2. The lowest BCUT2D eigenvalue weighted by molar-refractivity contribution is 0.102. The highest BCUT2D eigenvalue weighted by Crippen LogP contribution is 2.18. The topological polar surface area (TPSA) is 79.0 Å². The molecule has 0 fully saturated rings. The number of nitrogens with zero attached hydrogens (tertiary/aromatic N) is 1. The second-order valence-electron chi connectivity index (χ2n) is 6.90. The van der Waals surface area contributed by atoms with Gasteiger partial charge in [-0.25, -0.2) is 0 Å². The number of fused-ring (bicyclic) bond motifs is 1. The van der Waals surface area contributed by atoms with Crippen molar-refractivity contribution in [3.8, 4) is 0 Å². The molecule has 3 aromatic rings. The van der Waals surface area contributed by atoms with Crippen molar-refractivity contribution in [2.75, 3.05) is 18.5 Å². The van der Waals surface area contributed by atoms with Crippen LogP contribution in [0.4, 0.5) is 5.69 Å². The van der Waals surface area contributed by atoms with Crippen LogP contribution in [0.25, 0.3) is 0 Å². The molecule has 0 aliphatic carbocycles. The minimum Gasteiger partial charge on any atom is -0.376 e. The molecule has 0 saturated heterocycles. The van der Waals surface area contributed by atoms with Gasteiger partial charge >= 0.3 is 0 Å². The van der Waals surface area contributed by atoms with Gasteiger partial charge in [-0.2, -0.15) is 5.10 Å². The summed E-state index contributed by atoms with van der Waals surface area (Å²) in [4.78, 5) is 12.6. The lowest BCUT2D eigenvalue weighted by Gasteiger charge is -2.13. The SMILES string of the molecule is Cl.O=C(Nc1cccc(COCCc2ccccc2)c1)c1n[nH]c2c1CNCC2. The number of nitrogens with one attached hydrogen (secondary N) is 3. The zero-order valence-corrected chi connectivity index (χ0v) is 16.9. The highest BCUT2D eigenvalue weighted by atomic mass is 35.5. The van der Waals surface area contributed by atoms with Gasteiger partial charge in [0.05, 0.1) is 13.2 Å². The Balaban J connectivity index is 0.00000240. The smallest absolute Gasteiger partial charge is 0.276 e. The summed E-state index contributed by atoms with van der Waals surface area (Å²) >= 11 is 0. The number of H-pyrrole nitrogens is 1. The first-order chi connectivity index (χ1) is 13.8. The number of hydrogen-bond acceptors (Lipinski definition) is 4. The molecule has 3 N–H and O–H groups in total. The molecule has 2 heterocycles. The van der Waals surface area contributed by atoms with Crippen molar-refractivity contribution in [3.63, 3.8) is 0 Å². The van der Waals surface area contributed by atoms with Crippen LogP contribution in [0.1, 0.15) is 32.9 Å². The third-order valence-electron chi connectivity index (χ3n) is 4.85. The van der Waals surface area contributed by atoms with Crippen LogP contribution < -0.4 is 10.6 Å². The Morgan fingerprint density at radius 2 is 1.93 bits per heavy atom. The van der Waals surface area contributed by atoms with Crippen LogP contribution in [0.2, 0.25) is 0 Å². The van der Waals surface area contributed by atoms with Gasteiger partial charge in [-0.05, 0) is 29.7 Å². The van der Waals surface area contributed by atoms with Gasteiger partial charge in [-0.1, -0.05) is 42.5 Å². The number of rotatable bonds is 7. The summed E-state index contributed by atoms with van der Waals surface area (Å²) in [6.45, 7) is 2.75. The summed E-state index contributed by atoms with van der Waals surface area (Å²) in [6, 6.07) is 18.0. The van der Waals surface area contributed by atoms with Crippen molar-refractivity contribution in [3.05, 3.63) is 82.7 Å². The highest BCUT2D eigenvalue weighted by molar-refractivity contribution is 6.04. The number of anilines is 1. The number of ether oxygens (including phenoxy) is 1. The molecular weight excluding hydrogens is 388 g/mol. The Bertz CT molecular complexity index is 943. The zero-order valence-electron chi connectivity index (χ0n) is 16.1. The normalized spacial score (nSPS) is 12.7. The van der Waals surface area contributed by atoms with Gasteiger partial charge in [0, 0.05) is 36.5 Å². The molecule has 1 aliphatic heterocycles. The predicted octanol–water partition coefficient (Wildman–Crippen LogP) is 3.49. The molecule has 1 amide bonds. The first-order valence-corrected chi connectivity index (χ1v) is 9.58. The molecule has 6 nitrogen and oxygen atoms in total. The van der Waals surface area contributed by atoms with Crippen molar-refractivity contribution >= 4 is 24.0 Å². The molecule has 152 valence electrons. The fraction of sp³-hybridized carbons (Fsp3) is 0.273. The maximum absolute atomic E-state index is 12.6. The fourth-order valence-electron chi connectivity index (χ4n) is 3.37. The molecule has 0 saturated carbocycles. The number of aromatic nitrogens is 2. The van der Waals surface area contributed by atoms with Crippen LogP contribution in [-0.4, -0.2) is 29.3 Å². The predicted molar refractivity (Wildman–Crippen MR) is 115 cm³/mol. The lowest BCUT2D eigenvalue weighted by Crippen LogP contribution is -2.25. The molecule has 7 heteroatoms. The average Bonchev–Trinajstić information content (AvgIpc) is 3.17. The number of amides is 1. The largest absolute Gasteiger partial charge is 0.376 e. The Morgan fingerprint density at radius 1 is 1.10 bits per heavy atom. The molecule has 1 aliphatic rings. The van der Waals surface area contributed by atoms with E-state index in [1.165, 1.54) is 5.56 Å². The summed E-state index contributed by atoms with van der Waals surface area (Å²) in [6.07, 6.45) is 1.75. The van der Waals surface area contributed by atoms with Crippen LogP contribution in [0.5, 0.6) is 0 Å². The number of aromatic amines is 1. The van der Waals surface area contributed by atoms with Gasteiger partial charge in [0.2, 0.25) is 0 Å². The lowest BCUT2D eigenvalue weighted by atomic mass is 10.1. The molecule has 2 aromatic carbocycles. The molecule has 0 spiro atoms. The first-order valence-electron chi connectivity index (χ1n) is 9.58. The van der Waals surface area contributed by atoms with E-state index in [9.17, 15) is 4.79 Å². The van der Waals surface area contributed by atoms with Crippen LogP contribution >= 0.6 is 12.4 Å². The van der Waals surface area contributed by atoms with Crippen molar-refractivity contribution in [2.24, 2.45) is 0 Å². The molecule has 0 atom stereocenters. The van der Waals surface area contributed by atoms with Crippen molar-refractivity contribution in [1.82, 2.24) is 15.5 Å². The second-order valence-corrected chi connectivity index (χ2v) is 6.90. The number of carbonyl (C=O) groups excluding carboxylic acids is 1. The van der Waals surface area contributed by atoms with Gasteiger partial charge < -0.3 is 15.4 Å². The van der Waals surface area contributed by atoms with Crippen molar-refractivity contribution < 1.29 is 9.53 Å². The van der Waals surface area contributed by atoms with E-state index in [1.807, 2.05) is 42.5 Å². The fourth-order valence-corrected chi connectivity index (χ4v) is 3.37. The number of hydrogen-bond donors (Lipinski definition) is 3. The third kappa shape index (κ3) is 5.44. The third-order valence-corrected chi connectivity index (χ3v) is 4.85. The first kappa shape index (κ1) is 21.0. The van der Waals surface area contributed by atoms with Gasteiger partial charge in [0.1, 0.15) is 0 Å². The van der Waals surface area contributed by atoms with Crippen LogP contribution in [0, 0.1) is 0 Å². The van der Waals surface area contributed by atoms with E-state index in [-0.39, 0.29) is 18.3 Å². The quantitative estimate of drug-likeness (QED) is 0.519. The number of halogens is 1. The van der Waals surface area contributed by atoms with Gasteiger partial charge in [-0.3, -0.25) is 9.89 Å². The molecule has 0 unspecified atom stereocenters. The van der Waals surface area contributed by atoms with Crippen LogP contribution in [-0.2, 0) is 30.7 Å². The van der Waals surface area contributed by atoms with E-state index < -0.39 is 0 Å². The van der Waals surface area contributed by atoms with Gasteiger partial charge in [-0.15, -0.1) is 12.4 Å². The molecule has 29 heavy (non-hydrogen) atoms. The summed E-state index contributed by atoms with van der Waals surface area (Å²) < 4.78 is 5.79. The van der Waals surface area contributed by atoms with Crippen LogP contribution in [0.3, 0.4) is 0 Å². The maximum Gasteiger partial charge on any atom is 0.276 e. The molecule has 0 bridgehead atoms. The number of carbonyl (C=O) groups is 1. The monoisotopic (exact) mass is 412 g/mol. The minimum absolute atomic E-state index is 0. The Hall–Kier alpha value is -2.67. The van der Waals surface area contributed by atoms with Gasteiger partial charge in [0.25, 0.3) is 5.91 Å². The van der Waals surface area contributed by atoms with E-state index in [1.54, 1.807) is 0 Å². The molecule has 1 aromatic heterocycles.